The van der Waals surface area contributed by atoms with Crippen molar-refractivity contribution < 1.29 is 14.3 Å². The molecular formula is C23H36O3. The zero-order valence-corrected chi connectivity index (χ0v) is 16.8. The number of hydrogen-bond acceptors (Lipinski definition) is 3. The van der Waals surface area contributed by atoms with Gasteiger partial charge in [-0.15, -0.1) is 0 Å². The lowest BCUT2D eigenvalue weighted by Crippen LogP contribution is -2.56. The summed E-state index contributed by atoms with van der Waals surface area (Å²) in [6, 6.07) is 0. The molecule has 4 rings (SSSR count). The van der Waals surface area contributed by atoms with Crippen LogP contribution in [-0.2, 0) is 14.3 Å². The van der Waals surface area contributed by atoms with Crippen LogP contribution >= 0.6 is 0 Å². The topological polar surface area (TPSA) is 43.4 Å². The van der Waals surface area contributed by atoms with E-state index in [2.05, 4.69) is 6.92 Å². The number of hydrogen-bond donors (Lipinski definition) is 0. The van der Waals surface area contributed by atoms with E-state index in [1.54, 1.807) is 0 Å². The second-order valence-electron chi connectivity index (χ2n) is 10.3. The monoisotopic (exact) mass is 360 g/mol. The van der Waals surface area contributed by atoms with Crippen LogP contribution in [0.3, 0.4) is 0 Å². The number of Topliss-reactive ketones (excluding diaryl/α,β-unsaturated/α-hetero) is 1. The molecule has 4 saturated carbocycles. The first-order chi connectivity index (χ1) is 12.5. The van der Waals surface area contributed by atoms with E-state index in [1.807, 2.05) is 14.0 Å². The van der Waals surface area contributed by atoms with Gasteiger partial charge in [0.1, 0.15) is 12.1 Å². The molecule has 4 aliphatic rings. The molecule has 146 valence electrons. The van der Waals surface area contributed by atoms with E-state index >= 15 is 0 Å². The minimum absolute atomic E-state index is 0.230. The van der Waals surface area contributed by atoms with Crippen molar-refractivity contribution in [2.45, 2.75) is 71.6 Å². The van der Waals surface area contributed by atoms with Crippen LogP contribution in [-0.4, -0.2) is 25.8 Å². The first-order valence-corrected chi connectivity index (χ1v) is 10.9. The van der Waals surface area contributed by atoms with Gasteiger partial charge in [0, 0.05) is 18.9 Å². The molecule has 0 amide bonds. The Morgan fingerprint density at radius 2 is 1.88 bits per heavy atom. The Kier molecular flexibility index (Phi) is 4.82. The third-order valence-corrected chi connectivity index (χ3v) is 9.50. The quantitative estimate of drug-likeness (QED) is 0.684. The Labute approximate surface area is 158 Å². The van der Waals surface area contributed by atoms with Crippen molar-refractivity contribution >= 4 is 12.1 Å². The number of fused-ring (bicyclic) bond motifs is 5. The second kappa shape index (κ2) is 6.72. The highest BCUT2D eigenvalue weighted by molar-refractivity contribution is 5.79. The molecule has 0 aromatic carbocycles. The summed E-state index contributed by atoms with van der Waals surface area (Å²) in [7, 11) is 1.86. The highest BCUT2D eigenvalue weighted by Crippen LogP contribution is 2.67. The van der Waals surface area contributed by atoms with Crippen LogP contribution in [0.4, 0.5) is 0 Å². The van der Waals surface area contributed by atoms with E-state index in [1.165, 1.54) is 38.4 Å². The average molecular weight is 361 g/mol. The molecule has 0 aromatic heterocycles. The normalized spacial score (nSPS) is 50.4. The van der Waals surface area contributed by atoms with Gasteiger partial charge in [-0.2, -0.15) is 0 Å². The first kappa shape index (κ1) is 18.7. The van der Waals surface area contributed by atoms with Gasteiger partial charge in [0.25, 0.3) is 0 Å². The molecule has 0 heterocycles. The van der Waals surface area contributed by atoms with Crippen LogP contribution in [0.15, 0.2) is 0 Å². The summed E-state index contributed by atoms with van der Waals surface area (Å²) in [4.78, 5) is 23.7. The molecule has 0 saturated heterocycles. The number of aldehydes is 1. The van der Waals surface area contributed by atoms with E-state index in [-0.39, 0.29) is 22.7 Å². The Hall–Kier alpha value is -0.700. The van der Waals surface area contributed by atoms with Crippen LogP contribution in [0.1, 0.15) is 71.6 Å². The van der Waals surface area contributed by atoms with Crippen molar-refractivity contribution in [2.24, 2.45) is 46.3 Å². The molecule has 4 aliphatic carbocycles. The highest BCUT2D eigenvalue weighted by atomic mass is 16.5. The Bertz CT molecular complexity index is 572. The third kappa shape index (κ3) is 2.56. The van der Waals surface area contributed by atoms with E-state index in [0.29, 0.717) is 17.6 Å². The maximum Gasteiger partial charge on any atom is 0.133 e. The zero-order valence-electron chi connectivity index (χ0n) is 16.8. The van der Waals surface area contributed by atoms with Gasteiger partial charge in [-0.3, -0.25) is 4.79 Å². The standard InChI is InChI=1S/C23H36O3/c1-15(25)19-6-7-20-18-5-4-17-12-16(13-24)8-11-23(17,14-26-3)21(18)9-10-22(19,20)2/h13,16-21H,4-12,14H2,1-3H3/t16-,17+,18+,19-,20+,21+,22-,23-/m1/s1. The average Bonchev–Trinajstić information content (AvgIpc) is 2.98. The summed E-state index contributed by atoms with van der Waals surface area (Å²) in [5.74, 6) is 3.84. The second-order valence-corrected chi connectivity index (χ2v) is 10.3. The van der Waals surface area contributed by atoms with E-state index in [0.717, 1.165) is 44.1 Å². The van der Waals surface area contributed by atoms with E-state index in [4.69, 9.17) is 4.74 Å². The number of carbonyl (C=O) groups excluding carboxylic acids is 2. The smallest absolute Gasteiger partial charge is 0.133 e. The molecule has 0 aliphatic heterocycles. The van der Waals surface area contributed by atoms with Gasteiger partial charge >= 0.3 is 0 Å². The summed E-state index contributed by atoms with van der Waals surface area (Å²) >= 11 is 0. The Morgan fingerprint density at radius 1 is 1.08 bits per heavy atom. The number of ketones is 1. The molecule has 0 N–H and O–H groups in total. The molecule has 0 spiro atoms. The fourth-order valence-electron chi connectivity index (χ4n) is 8.42. The van der Waals surface area contributed by atoms with Gasteiger partial charge in [-0.05, 0) is 99.2 Å². The van der Waals surface area contributed by atoms with Crippen molar-refractivity contribution in [1.82, 2.24) is 0 Å². The lowest BCUT2D eigenvalue weighted by Gasteiger charge is -2.61. The van der Waals surface area contributed by atoms with Gasteiger partial charge in [-0.1, -0.05) is 6.92 Å². The highest BCUT2D eigenvalue weighted by Gasteiger charge is 2.62. The van der Waals surface area contributed by atoms with Crippen molar-refractivity contribution in [1.29, 1.82) is 0 Å². The Balaban J connectivity index is 1.63. The molecule has 4 fully saturated rings. The van der Waals surface area contributed by atoms with Gasteiger partial charge in [0.2, 0.25) is 0 Å². The lowest BCUT2D eigenvalue weighted by molar-refractivity contribution is -0.155. The van der Waals surface area contributed by atoms with Gasteiger partial charge in [0.05, 0.1) is 6.61 Å². The molecule has 0 aromatic rings. The Morgan fingerprint density at radius 3 is 2.58 bits per heavy atom. The van der Waals surface area contributed by atoms with E-state index < -0.39 is 0 Å². The maximum absolute atomic E-state index is 12.3. The fourth-order valence-corrected chi connectivity index (χ4v) is 8.42. The van der Waals surface area contributed by atoms with Crippen LogP contribution in [0.5, 0.6) is 0 Å². The minimum atomic E-state index is 0.230. The summed E-state index contributed by atoms with van der Waals surface area (Å²) in [5, 5.41) is 0. The molecule has 3 nitrogen and oxygen atoms in total. The van der Waals surface area contributed by atoms with Gasteiger partial charge in [-0.25, -0.2) is 0 Å². The van der Waals surface area contributed by atoms with Crippen LogP contribution in [0.2, 0.25) is 0 Å². The fraction of sp³-hybridized carbons (Fsp3) is 0.913. The molecule has 3 heteroatoms. The molecule has 8 atom stereocenters. The predicted octanol–water partition coefficient (Wildman–Crippen LogP) is 4.68. The number of methoxy groups -OCH3 is 1. The van der Waals surface area contributed by atoms with Crippen LogP contribution in [0.25, 0.3) is 0 Å². The van der Waals surface area contributed by atoms with Gasteiger partial charge < -0.3 is 9.53 Å². The summed E-state index contributed by atoms with van der Waals surface area (Å²) < 4.78 is 5.81. The van der Waals surface area contributed by atoms with Crippen molar-refractivity contribution in [3.63, 3.8) is 0 Å². The SMILES string of the molecule is COC[C@]12CC[C@@H](C=O)C[C@@H]1CC[C@H]1[C@@H]3CC[C@H](C(C)=O)[C@@]3(C)CC[C@@H]12. The summed E-state index contributed by atoms with van der Waals surface area (Å²) in [6.07, 6.45) is 11.9. The number of rotatable bonds is 4. The molecule has 26 heavy (non-hydrogen) atoms. The summed E-state index contributed by atoms with van der Waals surface area (Å²) in [5.41, 5.74) is 0.515. The van der Waals surface area contributed by atoms with Crippen molar-refractivity contribution in [3.05, 3.63) is 0 Å². The number of carbonyl (C=O) groups is 2. The molecule has 0 unspecified atom stereocenters. The van der Waals surface area contributed by atoms with Crippen LogP contribution < -0.4 is 0 Å². The minimum Gasteiger partial charge on any atom is -0.384 e. The predicted molar refractivity (Wildman–Crippen MR) is 102 cm³/mol. The third-order valence-electron chi connectivity index (χ3n) is 9.50. The summed E-state index contributed by atoms with van der Waals surface area (Å²) in [6.45, 7) is 5.10. The lowest BCUT2D eigenvalue weighted by atomic mass is 9.44. The maximum atomic E-state index is 12.3. The van der Waals surface area contributed by atoms with Crippen molar-refractivity contribution in [2.75, 3.05) is 13.7 Å². The molecule has 0 bridgehead atoms. The number of ether oxygens (including phenoxy) is 1. The molecule has 0 radical (unpaired) electrons. The largest absolute Gasteiger partial charge is 0.384 e. The van der Waals surface area contributed by atoms with E-state index in [9.17, 15) is 9.59 Å². The first-order valence-electron chi connectivity index (χ1n) is 10.9. The molecular weight excluding hydrogens is 324 g/mol. The van der Waals surface area contributed by atoms with Crippen LogP contribution in [0, 0.1) is 46.3 Å². The van der Waals surface area contributed by atoms with Gasteiger partial charge in [0.15, 0.2) is 0 Å². The zero-order chi connectivity index (χ0) is 18.5. The van der Waals surface area contributed by atoms with Crippen molar-refractivity contribution in [3.8, 4) is 0 Å².